The maximum atomic E-state index is 5.70. The van der Waals surface area contributed by atoms with E-state index in [4.69, 9.17) is 4.74 Å². The Balaban J connectivity index is 0.00000225. The summed E-state index contributed by atoms with van der Waals surface area (Å²) in [6.45, 7) is 3.39. The summed E-state index contributed by atoms with van der Waals surface area (Å²) in [5.41, 5.74) is 2.44. The number of likely N-dealkylation sites (N-methyl/N-ethyl adjacent to an activating group) is 1. The quantitative estimate of drug-likeness (QED) is 0.278. The lowest BCUT2D eigenvalue weighted by Gasteiger charge is -2.22. The van der Waals surface area contributed by atoms with E-state index in [1.54, 1.807) is 0 Å². The van der Waals surface area contributed by atoms with Crippen LogP contribution in [0.15, 0.2) is 35.3 Å². The van der Waals surface area contributed by atoms with Gasteiger partial charge in [-0.1, -0.05) is 18.2 Å². The minimum Gasteiger partial charge on any atom is -0.379 e. The van der Waals surface area contributed by atoms with E-state index in [0.717, 1.165) is 44.6 Å². The zero-order valence-electron chi connectivity index (χ0n) is 15.1. The highest BCUT2D eigenvalue weighted by atomic mass is 127. The molecule has 6 heteroatoms. The van der Waals surface area contributed by atoms with Gasteiger partial charge in [0.05, 0.1) is 6.61 Å². The number of aromatic amines is 1. The standard InChI is InChI=1S/C19H28N4O.HI/c1-20-19(23(2)11-12-24-14-15-7-8-15)21-10-9-17-13-16-5-3-4-6-18(16)22-17;/h3-6,13,15,22H,7-12,14H2,1-2H3,(H,20,21);1H. The lowest BCUT2D eigenvalue weighted by molar-refractivity contribution is 0.115. The molecule has 0 atom stereocenters. The lowest BCUT2D eigenvalue weighted by atomic mass is 10.2. The monoisotopic (exact) mass is 456 g/mol. The zero-order chi connectivity index (χ0) is 16.8. The van der Waals surface area contributed by atoms with E-state index in [1.165, 1.54) is 29.4 Å². The van der Waals surface area contributed by atoms with E-state index < -0.39 is 0 Å². The highest BCUT2D eigenvalue weighted by Crippen LogP contribution is 2.28. The maximum absolute atomic E-state index is 5.70. The molecule has 2 aromatic rings. The number of hydrogen-bond acceptors (Lipinski definition) is 2. The van der Waals surface area contributed by atoms with Crippen LogP contribution in [0.4, 0.5) is 0 Å². The van der Waals surface area contributed by atoms with Gasteiger partial charge in [0.25, 0.3) is 0 Å². The van der Waals surface area contributed by atoms with Gasteiger partial charge < -0.3 is 19.9 Å². The van der Waals surface area contributed by atoms with Gasteiger partial charge >= 0.3 is 0 Å². The number of nitrogens with one attached hydrogen (secondary N) is 2. The van der Waals surface area contributed by atoms with Gasteiger partial charge in [-0.15, -0.1) is 24.0 Å². The lowest BCUT2D eigenvalue weighted by Crippen LogP contribution is -2.41. The molecule has 1 aliphatic carbocycles. The number of aliphatic imine (C=N–C) groups is 1. The Hall–Kier alpha value is -1.28. The van der Waals surface area contributed by atoms with E-state index in [1.807, 2.05) is 7.05 Å². The van der Waals surface area contributed by atoms with Gasteiger partial charge in [0.1, 0.15) is 0 Å². The van der Waals surface area contributed by atoms with Crippen molar-refractivity contribution in [3.63, 3.8) is 0 Å². The summed E-state index contributed by atoms with van der Waals surface area (Å²) in [6.07, 6.45) is 3.62. The number of halogens is 1. The van der Waals surface area contributed by atoms with Gasteiger partial charge in [0.15, 0.2) is 5.96 Å². The van der Waals surface area contributed by atoms with E-state index in [-0.39, 0.29) is 24.0 Å². The second-order valence-electron chi connectivity index (χ2n) is 6.55. The maximum Gasteiger partial charge on any atom is 0.193 e. The smallest absolute Gasteiger partial charge is 0.193 e. The van der Waals surface area contributed by atoms with E-state index in [0.29, 0.717) is 0 Å². The van der Waals surface area contributed by atoms with Crippen LogP contribution < -0.4 is 5.32 Å². The number of hydrogen-bond donors (Lipinski definition) is 2. The molecule has 0 unspecified atom stereocenters. The fourth-order valence-corrected chi connectivity index (χ4v) is 2.80. The van der Waals surface area contributed by atoms with Crippen molar-refractivity contribution in [2.45, 2.75) is 19.3 Å². The summed E-state index contributed by atoms with van der Waals surface area (Å²) in [7, 11) is 3.88. The Labute approximate surface area is 167 Å². The topological polar surface area (TPSA) is 52.7 Å². The Bertz CT molecular complexity index is 648. The molecule has 0 aliphatic heterocycles. The molecule has 0 saturated heterocycles. The summed E-state index contributed by atoms with van der Waals surface area (Å²) >= 11 is 0. The number of guanidine groups is 1. The first kappa shape index (κ1) is 20.0. The molecule has 0 amide bonds. The van der Waals surface area contributed by atoms with Crippen molar-refractivity contribution in [3.8, 4) is 0 Å². The molecular formula is C19H29IN4O. The molecule has 0 spiro atoms. The molecule has 0 radical (unpaired) electrons. The largest absolute Gasteiger partial charge is 0.379 e. The van der Waals surface area contributed by atoms with E-state index >= 15 is 0 Å². The molecule has 3 rings (SSSR count). The van der Waals surface area contributed by atoms with Crippen molar-refractivity contribution in [2.75, 3.05) is 40.4 Å². The summed E-state index contributed by atoms with van der Waals surface area (Å²) in [5, 5.41) is 4.69. The van der Waals surface area contributed by atoms with Gasteiger partial charge in [0, 0.05) is 51.4 Å². The number of aromatic nitrogens is 1. The molecule has 1 aromatic heterocycles. The number of fused-ring (bicyclic) bond motifs is 1. The van der Waals surface area contributed by atoms with Crippen molar-refractivity contribution >= 4 is 40.8 Å². The number of rotatable bonds is 8. The predicted octanol–water partition coefficient (Wildman–Crippen LogP) is 3.26. The average Bonchev–Trinajstić information content (AvgIpc) is 3.32. The normalized spacial score (nSPS) is 14.4. The van der Waals surface area contributed by atoms with Crippen molar-refractivity contribution in [2.24, 2.45) is 10.9 Å². The van der Waals surface area contributed by atoms with Crippen LogP contribution in [0.1, 0.15) is 18.5 Å². The van der Waals surface area contributed by atoms with Gasteiger partial charge in [-0.25, -0.2) is 0 Å². The molecule has 1 fully saturated rings. The Kier molecular flexibility index (Phi) is 8.02. The van der Waals surface area contributed by atoms with Crippen LogP contribution in [-0.2, 0) is 11.2 Å². The first-order valence-corrected chi connectivity index (χ1v) is 8.82. The van der Waals surface area contributed by atoms with Gasteiger partial charge in [-0.3, -0.25) is 4.99 Å². The van der Waals surface area contributed by atoms with Crippen molar-refractivity contribution < 1.29 is 4.74 Å². The van der Waals surface area contributed by atoms with Crippen LogP contribution in [0.2, 0.25) is 0 Å². The van der Waals surface area contributed by atoms with E-state index in [9.17, 15) is 0 Å². The Morgan fingerprint density at radius 3 is 2.88 bits per heavy atom. The second-order valence-corrected chi connectivity index (χ2v) is 6.55. The fraction of sp³-hybridized carbons (Fsp3) is 0.526. The van der Waals surface area contributed by atoms with Gasteiger partial charge in [0.2, 0.25) is 0 Å². The first-order valence-electron chi connectivity index (χ1n) is 8.82. The van der Waals surface area contributed by atoms with E-state index in [2.05, 4.69) is 57.6 Å². The van der Waals surface area contributed by atoms with Crippen LogP contribution in [-0.4, -0.2) is 56.2 Å². The third-order valence-corrected chi connectivity index (χ3v) is 4.46. The highest BCUT2D eigenvalue weighted by Gasteiger charge is 2.21. The van der Waals surface area contributed by atoms with Crippen LogP contribution >= 0.6 is 24.0 Å². The predicted molar refractivity (Wildman–Crippen MR) is 115 cm³/mol. The Morgan fingerprint density at radius 1 is 1.36 bits per heavy atom. The molecule has 138 valence electrons. The fourth-order valence-electron chi connectivity index (χ4n) is 2.80. The minimum atomic E-state index is 0. The third kappa shape index (κ3) is 6.18. The number of ether oxygens (including phenoxy) is 1. The highest BCUT2D eigenvalue weighted by molar-refractivity contribution is 14.0. The molecule has 1 aliphatic rings. The van der Waals surface area contributed by atoms with Crippen molar-refractivity contribution in [1.82, 2.24) is 15.2 Å². The number of benzene rings is 1. The minimum absolute atomic E-state index is 0. The molecule has 0 bridgehead atoms. The van der Waals surface area contributed by atoms with Crippen molar-refractivity contribution in [3.05, 3.63) is 36.0 Å². The van der Waals surface area contributed by atoms with Crippen LogP contribution in [0.5, 0.6) is 0 Å². The van der Waals surface area contributed by atoms with Gasteiger partial charge in [-0.05, 0) is 36.3 Å². The van der Waals surface area contributed by atoms with Crippen LogP contribution in [0, 0.1) is 5.92 Å². The van der Waals surface area contributed by atoms with Gasteiger partial charge in [-0.2, -0.15) is 0 Å². The molecule has 1 aromatic carbocycles. The SMILES string of the molecule is CN=C(NCCc1cc2ccccc2[nH]1)N(C)CCOCC1CC1.I. The summed E-state index contributed by atoms with van der Waals surface area (Å²) in [4.78, 5) is 9.94. The van der Waals surface area contributed by atoms with Crippen molar-refractivity contribution in [1.29, 1.82) is 0 Å². The molecule has 1 saturated carbocycles. The average molecular weight is 456 g/mol. The summed E-state index contributed by atoms with van der Waals surface area (Å²) in [5.74, 6) is 1.74. The molecule has 2 N–H and O–H groups in total. The number of H-pyrrole nitrogens is 1. The second kappa shape index (κ2) is 10.0. The molecule has 1 heterocycles. The van der Waals surface area contributed by atoms with Crippen LogP contribution in [0.3, 0.4) is 0 Å². The molecular weight excluding hydrogens is 427 g/mol. The zero-order valence-corrected chi connectivity index (χ0v) is 17.5. The van der Waals surface area contributed by atoms with Crippen LogP contribution in [0.25, 0.3) is 10.9 Å². The third-order valence-electron chi connectivity index (χ3n) is 4.46. The summed E-state index contributed by atoms with van der Waals surface area (Å²) in [6, 6.07) is 10.6. The number of nitrogens with zero attached hydrogens (tertiary/aromatic N) is 2. The molecule has 5 nitrogen and oxygen atoms in total. The first-order chi connectivity index (χ1) is 11.8. The Morgan fingerprint density at radius 2 is 2.16 bits per heavy atom. The number of para-hydroxylation sites is 1. The molecule has 25 heavy (non-hydrogen) atoms. The summed E-state index contributed by atoms with van der Waals surface area (Å²) < 4.78 is 5.70.